The number of aromatic nitrogens is 2. The highest BCUT2D eigenvalue weighted by Gasteiger charge is 2.14. The Morgan fingerprint density at radius 1 is 1.10 bits per heavy atom. The van der Waals surface area contributed by atoms with Crippen molar-refractivity contribution in [2.75, 3.05) is 13.4 Å². The third kappa shape index (κ3) is 4.85. The Hall–Kier alpha value is -3.81. The highest BCUT2D eigenvalue weighted by Crippen LogP contribution is 2.32. The molecule has 0 radical (unpaired) electrons. The van der Waals surface area contributed by atoms with Crippen LogP contribution in [-0.4, -0.2) is 34.9 Å². The molecule has 0 saturated carbocycles. The second-order valence-corrected chi connectivity index (χ2v) is 7.18. The van der Waals surface area contributed by atoms with Crippen molar-refractivity contribution < 1.29 is 23.8 Å². The van der Waals surface area contributed by atoms with E-state index >= 15 is 0 Å². The number of nitrogens with zero attached hydrogens (tertiary/aromatic N) is 3. The van der Waals surface area contributed by atoms with Crippen LogP contribution in [0.4, 0.5) is 0 Å². The van der Waals surface area contributed by atoms with Gasteiger partial charge in [0.15, 0.2) is 11.5 Å². The van der Waals surface area contributed by atoms with Gasteiger partial charge in [-0.15, -0.1) is 0 Å². The second-order valence-electron chi connectivity index (χ2n) is 7.18. The number of ether oxygens (including phenoxy) is 3. The van der Waals surface area contributed by atoms with Gasteiger partial charge in [-0.25, -0.2) is 9.48 Å². The predicted octanol–water partition coefficient (Wildman–Crippen LogP) is 3.70. The molecule has 8 heteroatoms. The zero-order chi connectivity index (χ0) is 21.8. The average molecular weight is 421 g/mol. The summed E-state index contributed by atoms with van der Waals surface area (Å²) in [5, 5.41) is 8.44. The van der Waals surface area contributed by atoms with E-state index in [0.717, 1.165) is 28.2 Å². The Kier molecular flexibility index (Phi) is 5.88. The summed E-state index contributed by atoms with van der Waals surface area (Å²) >= 11 is 0. The van der Waals surface area contributed by atoms with Gasteiger partial charge in [0.1, 0.15) is 6.61 Å². The number of fused-ring (bicyclic) bond motifs is 1. The van der Waals surface area contributed by atoms with E-state index in [-0.39, 0.29) is 20.0 Å². The standard InChI is InChI=1S/C23H23N3O5/c1-15-10-16(2)26(24-15)20-7-4-18(5-8-20)12-28-23(27)13-31-25-17(3)19-6-9-21-22(11-19)30-14-29-21/h4-11H,12-14H2,1-3H3/b25-17+. The monoisotopic (exact) mass is 421 g/mol. The molecular weight excluding hydrogens is 398 g/mol. The van der Waals surface area contributed by atoms with Gasteiger partial charge >= 0.3 is 5.97 Å². The van der Waals surface area contributed by atoms with Gasteiger partial charge in [0.2, 0.25) is 13.4 Å². The first-order valence-corrected chi connectivity index (χ1v) is 9.84. The summed E-state index contributed by atoms with van der Waals surface area (Å²) in [6.07, 6.45) is 0. The zero-order valence-corrected chi connectivity index (χ0v) is 17.6. The van der Waals surface area contributed by atoms with E-state index < -0.39 is 5.97 Å². The Bertz CT molecular complexity index is 1120. The molecule has 0 spiro atoms. The van der Waals surface area contributed by atoms with Crippen LogP contribution in [0.25, 0.3) is 5.69 Å². The van der Waals surface area contributed by atoms with E-state index in [4.69, 9.17) is 19.0 Å². The molecule has 0 atom stereocenters. The average Bonchev–Trinajstić information content (AvgIpc) is 3.37. The number of carbonyl (C=O) groups is 1. The van der Waals surface area contributed by atoms with E-state index in [1.165, 1.54) is 0 Å². The number of hydrogen-bond donors (Lipinski definition) is 0. The van der Waals surface area contributed by atoms with Crippen LogP contribution in [0.15, 0.2) is 53.7 Å². The molecule has 0 aliphatic carbocycles. The largest absolute Gasteiger partial charge is 0.458 e. The lowest BCUT2D eigenvalue weighted by Gasteiger charge is -2.07. The van der Waals surface area contributed by atoms with Crippen molar-refractivity contribution in [3.63, 3.8) is 0 Å². The second kappa shape index (κ2) is 8.91. The molecule has 2 aromatic carbocycles. The van der Waals surface area contributed by atoms with Crippen LogP contribution in [0.3, 0.4) is 0 Å². The van der Waals surface area contributed by atoms with E-state index in [0.29, 0.717) is 17.2 Å². The Morgan fingerprint density at radius 2 is 1.87 bits per heavy atom. The number of esters is 1. The molecule has 31 heavy (non-hydrogen) atoms. The molecule has 0 unspecified atom stereocenters. The fraction of sp³-hybridized carbons (Fsp3) is 0.261. The first-order valence-electron chi connectivity index (χ1n) is 9.84. The van der Waals surface area contributed by atoms with Crippen LogP contribution in [0.1, 0.15) is 29.4 Å². The van der Waals surface area contributed by atoms with Gasteiger partial charge < -0.3 is 19.0 Å². The lowest BCUT2D eigenvalue weighted by Crippen LogP contribution is -2.11. The summed E-state index contributed by atoms with van der Waals surface area (Å²) in [4.78, 5) is 17.1. The lowest BCUT2D eigenvalue weighted by atomic mass is 10.1. The van der Waals surface area contributed by atoms with Crippen molar-refractivity contribution >= 4 is 11.7 Å². The van der Waals surface area contributed by atoms with Crippen LogP contribution in [-0.2, 0) is 21.0 Å². The number of benzene rings is 2. The highest BCUT2D eigenvalue weighted by molar-refractivity contribution is 5.99. The van der Waals surface area contributed by atoms with Gasteiger partial charge in [0.05, 0.1) is 17.1 Å². The van der Waals surface area contributed by atoms with E-state index in [2.05, 4.69) is 10.3 Å². The van der Waals surface area contributed by atoms with Crippen molar-refractivity contribution in [1.82, 2.24) is 9.78 Å². The molecule has 1 aliphatic heterocycles. The fourth-order valence-electron chi connectivity index (χ4n) is 3.19. The number of carbonyl (C=O) groups excluding carboxylic acids is 1. The minimum Gasteiger partial charge on any atom is -0.458 e. The zero-order valence-electron chi connectivity index (χ0n) is 17.6. The molecule has 0 amide bonds. The molecule has 160 valence electrons. The SMILES string of the molecule is C/C(=N\OCC(=O)OCc1ccc(-n2nc(C)cc2C)cc1)c1ccc2c(c1)OCO2. The van der Waals surface area contributed by atoms with Gasteiger partial charge in [-0.1, -0.05) is 17.3 Å². The van der Waals surface area contributed by atoms with E-state index in [1.54, 1.807) is 6.92 Å². The molecule has 0 fully saturated rings. The van der Waals surface area contributed by atoms with Crippen molar-refractivity contribution in [1.29, 1.82) is 0 Å². The van der Waals surface area contributed by atoms with Gasteiger partial charge in [-0.3, -0.25) is 0 Å². The topological polar surface area (TPSA) is 84.2 Å². The molecule has 1 aromatic heterocycles. The highest BCUT2D eigenvalue weighted by atomic mass is 16.7. The summed E-state index contributed by atoms with van der Waals surface area (Å²) in [5.74, 6) is 0.865. The molecule has 8 nitrogen and oxygen atoms in total. The molecule has 2 heterocycles. The summed E-state index contributed by atoms with van der Waals surface area (Å²) < 4.78 is 17.8. The van der Waals surface area contributed by atoms with Crippen LogP contribution in [0.2, 0.25) is 0 Å². The molecule has 3 aromatic rings. The van der Waals surface area contributed by atoms with Crippen LogP contribution in [0.5, 0.6) is 11.5 Å². The summed E-state index contributed by atoms with van der Waals surface area (Å²) in [5.41, 5.74) is 5.29. The molecule has 4 rings (SSSR count). The van der Waals surface area contributed by atoms with E-state index in [1.807, 2.05) is 67.1 Å². The molecule has 1 aliphatic rings. The lowest BCUT2D eigenvalue weighted by molar-refractivity contribution is -0.150. The quantitative estimate of drug-likeness (QED) is 0.329. The first-order chi connectivity index (χ1) is 15.0. The normalized spacial score (nSPS) is 12.7. The van der Waals surface area contributed by atoms with Gasteiger partial charge in [-0.2, -0.15) is 5.10 Å². The predicted molar refractivity (Wildman–Crippen MR) is 114 cm³/mol. The summed E-state index contributed by atoms with van der Waals surface area (Å²) in [7, 11) is 0. The molecule has 0 N–H and O–H groups in total. The third-order valence-electron chi connectivity index (χ3n) is 4.76. The maximum atomic E-state index is 12.0. The first kappa shape index (κ1) is 20.5. The van der Waals surface area contributed by atoms with Crippen LogP contribution < -0.4 is 9.47 Å². The maximum absolute atomic E-state index is 12.0. The van der Waals surface area contributed by atoms with E-state index in [9.17, 15) is 4.79 Å². The van der Waals surface area contributed by atoms with Gasteiger partial charge in [0.25, 0.3) is 0 Å². The smallest absolute Gasteiger partial charge is 0.347 e. The summed E-state index contributed by atoms with van der Waals surface area (Å²) in [6, 6.07) is 15.2. The Morgan fingerprint density at radius 3 is 2.61 bits per heavy atom. The van der Waals surface area contributed by atoms with Gasteiger partial charge in [0, 0.05) is 11.3 Å². The van der Waals surface area contributed by atoms with Crippen molar-refractivity contribution in [2.24, 2.45) is 5.16 Å². The Labute approximate surface area is 180 Å². The number of rotatable bonds is 7. The van der Waals surface area contributed by atoms with Crippen molar-refractivity contribution in [3.05, 3.63) is 71.0 Å². The molecule has 0 bridgehead atoms. The Balaban J connectivity index is 1.25. The van der Waals surface area contributed by atoms with Gasteiger partial charge in [-0.05, 0) is 62.7 Å². The number of aryl methyl sites for hydroxylation is 2. The fourth-order valence-corrected chi connectivity index (χ4v) is 3.19. The van der Waals surface area contributed by atoms with Crippen LogP contribution in [0, 0.1) is 13.8 Å². The molecular formula is C23H23N3O5. The van der Waals surface area contributed by atoms with Crippen molar-refractivity contribution in [3.8, 4) is 17.2 Å². The summed E-state index contributed by atoms with van der Waals surface area (Å²) in [6.45, 7) is 5.85. The number of oxime groups is 1. The maximum Gasteiger partial charge on any atom is 0.347 e. The molecule has 0 saturated heterocycles. The minimum absolute atomic E-state index is 0.157. The van der Waals surface area contributed by atoms with Crippen LogP contribution >= 0.6 is 0 Å². The van der Waals surface area contributed by atoms with Crippen molar-refractivity contribution in [2.45, 2.75) is 27.4 Å². The number of hydrogen-bond acceptors (Lipinski definition) is 7. The minimum atomic E-state index is -0.496. The third-order valence-corrected chi connectivity index (χ3v) is 4.76.